The lowest BCUT2D eigenvalue weighted by Gasteiger charge is -2.55. The molecule has 6 atom stereocenters. The summed E-state index contributed by atoms with van der Waals surface area (Å²) in [6.45, 7) is 2.05. The number of hydrogen-bond donors (Lipinski definition) is 1. The highest BCUT2D eigenvalue weighted by Crippen LogP contribution is 2.64. The van der Waals surface area contributed by atoms with E-state index in [1.807, 2.05) is 103 Å². The molecular weight excluding hydrogens is 598 g/mol. The van der Waals surface area contributed by atoms with Gasteiger partial charge in [-0.25, -0.2) is 0 Å². The number of phenols is 1. The van der Waals surface area contributed by atoms with Gasteiger partial charge in [0.2, 0.25) is 11.8 Å². The number of para-hydroxylation sites is 1. The Labute approximate surface area is 279 Å². The van der Waals surface area contributed by atoms with Crippen LogP contribution in [0.2, 0.25) is 0 Å². The molecule has 238 valence electrons. The lowest BCUT2D eigenvalue weighted by molar-refractivity contribution is -0.135. The Morgan fingerprint density at radius 1 is 0.771 bits per heavy atom. The van der Waals surface area contributed by atoms with Gasteiger partial charge in [-0.1, -0.05) is 110 Å². The number of imide groups is 1. The molecule has 8 rings (SSSR count). The molecule has 6 heteroatoms. The van der Waals surface area contributed by atoms with Gasteiger partial charge in [0.05, 0.1) is 22.9 Å². The summed E-state index contributed by atoms with van der Waals surface area (Å²) in [5.41, 5.74) is 3.35. The van der Waals surface area contributed by atoms with Gasteiger partial charge in [0.25, 0.3) is 0 Å². The second kappa shape index (κ2) is 11.4. The van der Waals surface area contributed by atoms with Crippen LogP contribution in [-0.2, 0) is 31.0 Å². The maximum absolute atomic E-state index is 15.0. The van der Waals surface area contributed by atoms with Crippen molar-refractivity contribution in [3.05, 3.63) is 149 Å². The van der Waals surface area contributed by atoms with Crippen molar-refractivity contribution in [2.24, 2.45) is 23.7 Å². The molecule has 4 aromatic rings. The average molecular weight is 634 g/mol. The summed E-state index contributed by atoms with van der Waals surface area (Å²) < 4.78 is 0. The molecule has 4 aromatic carbocycles. The van der Waals surface area contributed by atoms with Crippen LogP contribution in [0.25, 0.3) is 5.57 Å². The van der Waals surface area contributed by atoms with Crippen molar-refractivity contribution in [1.82, 2.24) is 0 Å². The third-order valence-electron chi connectivity index (χ3n) is 11.2. The van der Waals surface area contributed by atoms with Crippen LogP contribution < -0.4 is 4.90 Å². The minimum absolute atomic E-state index is 0.0183. The Morgan fingerprint density at radius 3 is 2.12 bits per heavy atom. The molecule has 1 saturated carbocycles. The Morgan fingerprint density at radius 2 is 1.44 bits per heavy atom. The number of nitrogens with zero attached hydrogens (tertiary/aromatic N) is 1. The zero-order chi connectivity index (χ0) is 33.2. The van der Waals surface area contributed by atoms with E-state index >= 15 is 4.79 Å². The Hall–Kier alpha value is -5.36. The lowest BCUT2D eigenvalue weighted by atomic mass is 9.44. The normalized spacial score (nSPS) is 27.9. The third kappa shape index (κ3) is 4.25. The average Bonchev–Trinajstić information content (AvgIpc) is 3.39. The van der Waals surface area contributed by atoms with Crippen LogP contribution in [0.3, 0.4) is 0 Å². The van der Waals surface area contributed by atoms with Crippen LogP contribution >= 0.6 is 0 Å². The number of carbonyl (C=O) groups excluding carboxylic acids is 4. The van der Waals surface area contributed by atoms with Gasteiger partial charge in [-0.05, 0) is 66.1 Å². The highest BCUT2D eigenvalue weighted by Gasteiger charge is 2.66. The van der Waals surface area contributed by atoms with Gasteiger partial charge in [-0.15, -0.1) is 0 Å². The zero-order valence-corrected chi connectivity index (χ0v) is 26.6. The van der Waals surface area contributed by atoms with Crippen molar-refractivity contribution in [2.45, 2.75) is 37.5 Å². The van der Waals surface area contributed by atoms with Crippen LogP contribution in [0.5, 0.6) is 5.75 Å². The van der Waals surface area contributed by atoms with Crippen molar-refractivity contribution >= 4 is 34.6 Å². The minimum Gasteiger partial charge on any atom is -0.508 e. The first-order chi connectivity index (χ1) is 23.4. The molecule has 1 aliphatic heterocycles. The molecule has 6 nitrogen and oxygen atoms in total. The van der Waals surface area contributed by atoms with Crippen LogP contribution in [0.15, 0.2) is 127 Å². The minimum atomic E-state index is -1.37. The summed E-state index contributed by atoms with van der Waals surface area (Å²) in [4.78, 5) is 59.8. The van der Waals surface area contributed by atoms with Crippen LogP contribution in [-0.4, -0.2) is 28.5 Å². The number of ketones is 2. The predicted molar refractivity (Wildman–Crippen MR) is 183 cm³/mol. The second-order valence-electron chi connectivity index (χ2n) is 13.4. The number of benzene rings is 4. The van der Waals surface area contributed by atoms with Crippen LogP contribution in [0.1, 0.15) is 47.9 Å². The Kier molecular flexibility index (Phi) is 7.13. The molecule has 2 fully saturated rings. The van der Waals surface area contributed by atoms with Gasteiger partial charge < -0.3 is 5.11 Å². The fourth-order valence-electron chi connectivity index (χ4n) is 9.09. The first kappa shape index (κ1) is 30.0. The summed E-state index contributed by atoms with van der Waals surface area (Å²) in [5.74, 6) is -4.22. The van der Waals surface area contributed by atoms with Crippen molar-refractivity contribution in [3.8, 4) is 5.75 Å². The number of hydrogen-bond acceptors (Lipinski definition) is 5. The van der Waals surface area contributed by atoms with E-state index in [2.05, 4.69) is 6.92 Å². The van der Waals surface area contributed by atoms with Crippen LogP contribution in [0.4, 0.5) is 5.69 Å². The summed E-state index contributed by atoms with van der Waals surface area (Å²) in [6.07, 6.45) is 4.91. The maximum Gasteiger partial charge on any atom is 0.238 e. The van der Waals surface area contributed by atoms with Crippen molar-refractivity contribution in [2.75, 3.05) is 4.90 Å². The molecule has 1 heterocycles. The molecule has 0 radical (unpaired) electrons. The molecule has 0 unspecified atom stereocenters. The topological polar surface area (TPSA) is 91.8 Å². The highest BCUT2D eigenvalue weighted by atomic mass is 16.3. The zero-order valence-electron chi connectivity index (χ0n) is 26.6. The van der Waals surface area contributed by atoms with E-state index in [0.717, 1.165) is 17.6 Å². The first-order valence-corrected chi connectivity index (χ1v) is 16.7. The number of aromatic hydroxyl groups is 1. The number of anilines is 1. The molecule has 4 aliphatic rings. The molecule has 0 aromatic heterocycles. The monoisotopic (exact) mass is 633 g/mol. The summed E-state index contributed by atoms with van der Waals surface area (Å²) >= 11 is 0. The number of rotatable bonds is 5. The number of phenolic OH excluding ortho intramolecular Hbond substituents is 1. The second-order valence-corrected chi connectivity index (χ2v) is 13.4. The van der Waals surface area contributed by atoms with Gasteiger partial charge in [-0.3, -0.25) is 24.1 Å². The smallest absolute Gasteiger partial charge is 0.238 e. The molecule has 1 N–H and O–H groups in total. The van der Waals surface area contributed by atoms with E-state index in [1.165, 1.54) is 11.0 Å². The van der Waals surface area contributed by atoms with Gasteiger partial charge in [0.1, 0.15) is 5.75 Å². The van der Waals surface area contributed by atoms with Gasteiger partial charge in [-0.2, -0.15) is 0 Å². The maximum atomic E-state index is 15.0. The van der Waals surface area contributed by atoms with Crippen molar-refractivity contribution in [1.29, 1.82) is 0 Å². The Balaban J connectivity index is 1.34. The number of fused-ring (bicyclic) bond motifs is 4. The standard InChI is InChI=1S/C42H35NO5/c1-2-25-17-19-28(20-18-25)43-40(47)31-22-21-29-33(37(31)41(43)48)23-34-39(46)32(26-11-5-3-6-12-26)24-36(45)42(34,27-13-7-4-8-14-27)38(29)30-15-9-10-16-35(30)44/h3-21,24,31,33-34,37-38,44H,2,22-23H2,1H3/t31-,33+,34-,37-,38+,42-/m0/s1. The molecular formula is C42H35NO5. The molecule has 0 spiro atoms. The third-order valence-corrected chi connectivity index (χ3v) is 11.2. The number of carbonyl (C=O) groups is 4. The van der Waals surface area contributed by atoms with Gasteiger partial charge in [0, 0.05) is 23.0 Å². The van der Waals surface area contributed by atoms with Gasteiger partial charge >= 0.3 is 0 Å². The Bertz CT molecular complexity index is 2030. The molecule has 0 bridgehead atoms. The number of amides is 2. The molecule has 3 aliphatic carbocycles. The van der Waals surface area contributed by atoms with E-state index in [-0.39, 0.29) is 35.6 Å². The van der Waals surface area contributed by atoms with Crippen LogP contribution in [0, 0.1) is 23.7 Å². The lowest BCUT2D eigenvalue weighted by Crippen LogP contribution is -2.58. The molecule has 2 amide bonds. The summed E-state index contributed by atoms with van der Waals surface area (Å²) in [6, 6.07) is 33.1. The number of aryl methyl sites for hydroxylation is 1. The first-order valence-electron chi connectivity index (χ1n) is 16.7. The van der Waals surface area contributed by atoms with E-state index in [4.69, 9.17) is 0 Å². The van der Waals surface area contributed by atoms with E-state index in [0.29, 0.717) is 34.4 Å². The van der Waals surface area contributed by atoms with E-state index in [1.54, 1.807) is 12.1 Å². The summed E-state index contributed by atoms with van der Waals surface area (Å²) in [7, 11) is 0. The van der Waals surface area contributed by atoms with Crippen molar-refractivity contribution < 1.29 is 24.3 Å². The molecule has 1 saturated heterocycles. The SMILES string of the molecule is CCc1ccc(N2C(=O)[C@H]3[C@H](CC=C4[C@H]3C[C@H]3C(=O)C(c5ccccc5)=CC(=O)[C@@]3(c3ccccc3)[C@H]4c3ccccc3O)C2=O)cc1. The predicted octanol–water partition coefficient (Wildman–Crippen LogP) is 6.98. The largest absolute Gasteiger partial charge is 0.508 e. The molecule has 48 heavy (non-hydrogen) atoms. The summed E-state index contributed by atoms with van der Waals surface area (Å²) in [5, 5.41) is 11.4. The van der Waals surface area contributed by atoms with Crippen molar-refractivity contribution in [3.63, 3.8) is 0 Å². The van der Waals surface area contributed by atoms with E-state index in [9.17, 15) is 19.5 Å². The van der Waals surface area contributed by atoms with E-state index < -0.39 is 35.0 Å². The fraction of sp³-hybridized carbons (Fsp3) is 0.238. The highest BCUT2D eigenvalue weighted by molar-refractivity contribution is 6.32. The fourth-order valence-corrected chi connectivity index (χ4v) is 9.09. The quantitative estimate of drug-likeness (QED) is 0.189. The number of allylic oxidation sites excluding steroid dienone is 4. The van der Waals surface area contributed by atoms with Gasteiger partial charge in [0.15, 0.2) is 11.6 Å². The number of Topliss-reactive ketones (excluding diaryl/α,β-unsaturated/α-hetero) is 1.